The topological polar surface area (TPSA) is 47.3 Å². The van der Waals surface area contributed by atoms with Gasteiger partial charge in [-0.15, -0.1) is 0 Å². The Labute approximate surface area is 137 Å². The number of para-hydroxylation sites is 1. The van der Waals surface area contributed by atoms with Crippen LogP contribution in [0.25, 0.3) is 0 Å². The Bertz CT molecular complexity index is 601. The van der Waals surface area contributed by atoms with Crippen LogP contribution in [0.4, 0.5) is 5.69 Å². The van der Waals surface area contributed by atoms with Gasteiger partial charge < -0.3 is 9.80 Å². The lowest BCUT2D eigenvalue weighted by Gasteiger charge is -2.29. The van der Waals surface area contributed by atoms with E-state index < -0.39 is 0 Å². The molecule has 0 spiro atoms. The number of halogens is 1. The summed E-state index contributed by atoms with van der Waals surface area (Å²) in [6.45, 7) is 8.73. The molecule has 1 fully saturated rings. The van der Waals surface area contributed by atoms with E-state index in [-0.39, 0.29) is 11.3 Å². The number of carbonyl (C=O) groups is 1. The van der Waals surface area contributed by atoms with Crippen molar-refractivity contribution in [3.05, 3.63) is 28.8 Å². The first-order valence-corrected chi connectivity index (χ1v) is 7.95. The molecule has 118 valence electrons. The minimum Gasteiger partial charge on any atom is -0.367 e. The van der Waals surface area contributed by atoms with Gasteiger partial charge in [-0.1, -0.05) is 38.4 Å². The second-order valence-corrected chi connectivity index (χ2v) is 7.04. The van der Waals surface area contributed by atoms with Gasteiger partial charge in [-0.3, -0.25) is 4.79 Å². The Balaban J connectivity index is 2.18. The summed E-state index contributed by atoms with van der Waals surface area (Å²) >= 11 is 6.29. The SMILES string of the molecule is CC(C)(C)C(=O)N1CCCN(c2c(Cl)cccc2C#N)CC1. The van der Waals surface area contributed by atoms with Crippen molar-refractivity contribution in [2.75, 3.05) is 31.1 Å². The van der Waals surface area contributed by atoms with Gasteiger partial charge >= 0.3 is 0 Å². The molecule has 1 aromatic carbocycles. The van der Waals surface area contributed by atoms with E-state index in [9.17, 15) is 10.1 Å². The highest BCUT2D eigenvalue weighted by molar-refractivity contribution is 6.33. The second kappa shape index (κ2) is 6.58. The number of hydrogen-bond donors (Lipinski definition) is 0. The number of nitriles is 1. The van der Waals surface area contributed by atoms with Gasteiger partial charge in [0, 0.05) is 31.6 Å². The lowest BCUT2D eigenvalue weighted by atomic mass is 9.94. The van der Waals surface area contributed by atoms with Crippen molar-refractivity contribution >= 4 is 23.2 Å². The molecule has 5 heteroatoms. The summed E-state index contributed by atoms with van der Waals surface area (Å²) in [5, 5.41) is 9.88. The first kappa shape index (κ1) is 16.6. The van der Waals surface area contributed by atoms with Crippen LogP contribution in [0, 0.1) is 16.7 Å². The highest BCUT2D eigenvalue weighted by atomic mass is 35.5. The highest BCUT2D eigenvalue weighted by Crippen LogP contribution is 2.30. The fraction of sp³-hybridized carbons (Fsp3) is 0.529. The predicted octanol–water partition coefficient (Wildman–Crippen LogP) is 3.30. The smallest absolute Gasteiger partial charge is 0.228 e. The Hall–Kier alpha value is -1.73. The van der Waals surface area contributed by atoms with Crippen LogP contribution >= 0.6 is 11.6 Å². The van der Waals surface area contributed by atoms with Gasteiger partial charge in [-0.05, 0) is 18.6 Å². The molecule has 0 radical (unpaired) electrons. The number of nitrogens with zero attached hydrogens (tertiary/aromatic N) is 3. The third-order valence-electron chi connectivity index (χ3n) is 3.85. The molecule has 22 heavy (non-hydrogen) atoms. The normalized spacial score (nSPS) is 16.1. The summed E-state index contributed by atoms with van der Waals surface area (Å²) in [4.78, 5) is 16.5. The third kappa shape index (κ3) is 3.53. The zero-order valence-corrected chi connectivity index (χ0v) is 14.2. The van der Waals surface area contributed by atoms with Gasteiger partial charge in [0.05, 0.1) is 16.3 Å². The van der Waals surface area contributed by atoms with E-state index in [4.69, 9.17) is 11.6 Å². The Morgan fingerprint density at radius 2 is 1.95 bits per heavy atom. The van der Waals surface area contributed by atoms with Crippen molar-refractivity contribution in [2.45, 2.75) is 27.2 Å². The molecule has 0 bridgehead atoms. The predicted molar refractivity (Wildman–Crippen MR) is 89.0 cm³/mol. The second-order valence-electron chi connectivity index (χ2n) is 6.63. The summed E-state index contributed by atoms with van der Waals surface area (Å²) < 4.78 is 0. The molecule has 0 atom stereocenters. The van der Waals surface area contributed by atoms with E-state index in [1.807, 2.05) is 25.7 Å². The molecule has 1 saturated heterocycles. The molecular formula is C17H22ClN3O. The molecule has 0 aliphatic carbocycles. The van der Waals surface area contributed by atoms with Crippen LogP contribution in [0.3, 0.4) is 0 Å². The molecule has 1 amide bonds. The molecular weight excluding hydrogens is 298 g/mol. The minimum atomic E-state index is -0.364. The zero-order chi connectivity index (χ0) is 16.3. The summed E-state index contributed by atoms with van der Waals surface area (Å²) in [6.07, 6.45) is 0.873. The van der Waals surface area contributed by atoms with Crippen molar-refractivity contribution in [3.8, 4) is 6.07 Å². The molecule has 4 nitrogen and oxygen atoms in total. The number of anilines is 1. The van der Waals surface area contributed by atoms with Gasteiger partial charge in [0.25, 0.3) is 0 Å². The van der Waals surface area contributed by atoms with Gasteiger partial charge in [0.2, 0.25) is 5.91 Å². The number of hydrogen-bond acceptors (Lipinski definition) is 3. The van der Waals surface area contributed by atoms with Crippen LogP contribution in [0.1, 0.15) is 32.8 Å². The minimum absolute atomic E-state index is 0.175. The molecule has 1 aliphatic rings. The monoisotopic (exact) mass is 319 g/mol. The van der Waals surface area contributed by atoms with Crippen LogP contribution in [0.5, 0.6) is 0 Å². The van der Waals surface area contributed by atoms with Crippen LogP contribution in [0.2, 0.25) is 5.02 Å². The van der Waals surface area contributed by atoms with Crippen LogP contribution < -0.4 is 4.90 Å². The van der Waals surface area contributed by atoms with E-state index in [0.29, 0.717) is 23.7 Å². The van der Waals surface area contributed by atoms with Crippen molar-refractivity contribution < 1.29 is 4.79 Å². The lowest BCUT2D eigenvalue weighted by molar-refractivity contribution is -0.139. The summed E-state index contributed by atoms with van der Waals surface area (Å²) in [6, 6.07) is 7.58. The van der Waals surface area contributed by atoms with Crippen LogP contribution in [0.15, 0.2) is 18.2 Å². The molecule has 0 N–H and O–H groups in total. The third-order valence-corrected chi connectivity index (χ3v) is 4.15. The molecule has 1 heterocycles. The molecule has 0 aromatic heterocycles. The molecule has 1 aliphatic heterocycles. The summed E-state index contributed by atoms with van der Waals surface area (Å²) in [5.41, 5.74) is 1.01. The van der Waals surface area contributed by atoms with Gasteiger partial charge in [-0.2, -0.15) is 5.26 Å². The van der Waals surface area contributed by atoms with Crippen molar-refractivity contribution in [1.82, 2.24) is 4.90 Å². The van der Waals surface area contributed by atoms with E-state index in [1.54, 1.807) is 18.2 Å². The summed E-state index contributed by atoms with van der Waals surface area (Å²) in [7, 11) is 0. The molecule has 0 saturated carbocycles. The first-order chi connectivity index (χ1) is 10.3. The number of amides is 1. The van der Waals surface area contributed by atoms with Crippen molar-refractivity contribution in [1.29, 1.82) is 5.26 Å². The fourth-order valence-electron chi connectivity index (χ4n) is 2.75. The van der Waals surface area contributed by atoms with Crippen LogP contribution in [-0.4, -0.2) is 37.0 Å². The van der Waals surface area contributed by atoms with Gasteiger partial charge in [0.1, 0.15) is 6.07 Å². The van der Waals surface area contributed by atoms with Crippen LogP contribution in [-0.2, 0) is 4.79 Å². The van der Waals surface area contributed by atoms with Crippen molar-refractivity contribution in [3.63, 3.8) is 0 Å². The Kier molecular flexibility index (Phi) is 4.97. The Morgan fingerprint density at radius 1 is 1.23 bits per heavy atom. The van der Waals surface area contributed by atoms with Crippen molar-refractivity contribution in [2.24, 2.45) is 5.41 Å². The van der Waals surface area contributed by atoms with E-state index in [0.717, 1.165) is 25.2 Å². The maximum Gasteiger partial charge on any atom is 0.228 e. The molecule has 1 aromatic rings. The standard InChI is InChI=1S/C17H22ClN3O/c1-17(2,3)16(22)21-9-5-8-20(10-11-21)15-13(12-19)6-4-7-14(15)18/h4,6-7H,5,8-11H2,1-3H3. The van der Waals surface area contributed by atoms with E-state index >= 15 is 0 Å². The fourth-order valence-corrected chi connectivity index (χ4v) is 3.04. The maximum absolute atomic E-state index is 12.4. The largest absolute Gasteiger partial charge is 0.367 e. The van der Waals surface area contributed by atoms with Gasteiger partial charge in [-0.25, -0.2) is 0 Å². The summed E-state index contributed by atoms with van der Waals surface area (Å²) in [5.74, 6) is 0.175. The Morgan fingerprint density at radius 3 is 2.59 bits per heavy atom. The lowest BCUT2D eigenvalue weighted by Crippen LogP contribution is -2.41. The molecule has 0 unspecified atom stereocenters. The molecule has 2 rings (SSSR count). The maximum atomic E-state index is 12.4. The van der Waals surface area contributed by atoms with Gasteiger partial charge in [0.15, 0.2) is 0 Å². The van der Waals surface area contributed by atoms with E-state index in [1.165, 1.54) is 0 Å². The number of benzene rings is 1. The average Bonchev–Trinajstić information content (AvgIpc) is 2.70. The number of rotatable bonds is 1. The quantitative estimate of drug-likeness (QED) is 0.798. The zero-order valence-electron chi connectivity index (χ0n) is 13.4. The van der Waals surface area contributed by atoms with E-state index in [2.05, 4.69) is 11.0 Å². The average molecular weight is 320 g/mol. The highest BCUT2D eigenvalue weighted by Gasteiger charge is 2.29. The number of carbonyl (C=O) groups excluding carboxylic acids is 1. The first-order valence-electron chi connectivity index (χ1n) is 7.57.